The highest BCUT2D eigenvalue weighted by molar-refractivity contribution is 6.35. The first-order valence-electron chi connectivity index (χ1n) is 10.5. The van der Waals surface area contributed by atoms with E-state index >= 15 is 4.39 Å². The van der Waals surface area contributed by atoms with Crippen LogP contribution < -0.4 is 15.0 Å². The number of ether oxygens (including phenoxy) is 1. The van der Waals surface area contributed by atoms with Crippen molar-refractivity contribution in [3.63, 3.8) is 0 Å². The number of aldehydes is 1. The summed E-state index contributed by atoms with van der Waals surface area (Å²) >= 11 is 6.64. The Bertz CT molecular complexity index is 1380. The highest BCUT2D eigenvalue weighted by Gasteiger charge is 2.24. The van der Waals surface area contributed by atoms with E-state index in [1.165, 1.54) is 6.07 Å². The Morgan fingerprint density at radius 2 is 1.94 bits per heavy atom. The van der Waals surface area contributed by atoms with E-state index in [1.807, 2.05) is 29.2 Å². The summed E-state index contributed by atoms with van der Waals surface area (Å²) in [6, 6.07) is 12.0. The van der Waals surface area contributed by atoms with Crippen LogP contribution >= 0.6 is 11.6 Å². The lowest BCUT2D eigenvalue weighted by molar-refractivity contribution is -0.109. The fourth-order valence-corrected chi connectivity index (χ4v) is 4.49. The van der Waals surface area contributed by atoms with Gasteiger partial charge in [-0.3, -0.25) is 4.79 Å². The van der Waals surface area contributed by atoms with Crippen molar-refractivity contribution in [2.75, 3.05) is 37.7 Å². The molecule has 0 amide bonds. The van der Waals surface area contributed by atoms with Crippen LogP contribution in [0.5, 0.6) is 11.8 Å². The van der Waals surface area contributed by atoms with Crippen LogP contribution in [0.2, 0.25) is 5.02 Å². The number of carbonyl (C=O) groups is 1. The molecule has 2 N–H and O–H groups in total. The molecule has 3 aromatic carbocycles. The first kappa shape index (κ1) is 21.4. The van der Waals surface area contributed by atoms with E-state index in [9.17, 15) is 9.90 Å². The van der Waals surface area contributed by atoms with E-state index in [2.05, 4.69) is 15.3 Å². The summed E-state index contributed by atoms with van der Waals surface area (Å²) < 4.78 is 21.5. The van der Waals surface area contributed by atoms with Gasteiger partial charge in [0.1, 0.15) is 23.7 Å². The number of carbonyl (C=O) groups excluding carboxylic acids is 1. The Hall–Kier alpha value is -3.49. The second kappa shape index (κ2) is 8.80. The molecule has 1 saturated heterocycles. The van der Waals surface area contributed by atoms with Crippen molar-refractivity contribution >= 4 is 45.4 Å². The van der Waals surface area contributed by atoms with E-state index in [0.29, 0.717) is 36.1 Å². The SMILES string of the molecule is O=CCOc1nc(N2CCNCC2)c2cc(Cl)c(-c3cc(O)cc4ccccc34)c(F)c2n1. The molecule has 0 atom stereocenters. The number of phenols is 1. The third kappa shape index (κ3) is 3.92. The number of hydrogen-bond acceptors (Lipinski definition) is 7. The van der Waals surface area contributed by atoms with Crippen molar-refractivity contribution in [3.05, 3.63) is 53.3 Å². The number of halogens is 2. The van der Waals surface area contributed by atoms with Gasteiger partial charge in [-0.1, -0.05) is 35.9 Å². The van der Waals surface area contributed by atoms with E-state index < -0.39 is 5.82 Å². The molecule has 0 radical (unpaired) electrons. The van der Waals surface area contributed by atoms with Crippen LogP contribution in [-0.4, -0.2) is 54.1 Å². The second-order valence-electron chi connectivity index (χ2n) is 7.70. The molecule has 0 aliphatic carbocycles. The minimum Gasteiger partial charge on any atom is -0.508 e. The number of aromatic hydroxyl groups is 1. The van der Waals surface area contributed by atoms with Crippen molar-refractivity contribution < 1.29 is 19.0 Å². The molecule has 9 heteroatoms. The van der Waals surface area contributed by atoms with E-state index in [-0.39, 0.29) is 34.5 Å². The van der Waals surface area contributed by atoms with Crippen molar-refractivity contribution in [1.82, 2.24) is 15.3 Å². The topological polar surface area (TPSA) is 87.6 Å². The summed E-state index contributed by atoms with van der Waals surface area (Å²) in [6.45, 7) is 2.58. The van der Waals surface area contributed by atoms with E-state index in [0.717, 1.165) is 23.9 Å². The molecule has 168 valence electrons. The molecule has 1 fully saturated rings. The number of rotatable bonds is 5. The number of piperazine rings is 1. The molecule has 7 nitrogen and oxygen atoms in total. The molecule has 1 aromatic heterocycles. The zero-order valence-corrected chi connectivity index (χ0v) is 18.3. The van der Waals surface area contributed by atoms with Gasteiger partial charge in [-0.2, -0.15) is 9.97 Å². The molecule has 33 heavy (non-hydrogen) atoms. The fourth-order valence-electron chi connectivity index (χ4n) is 4.20. The normalized spacial score (nSPS) is 14.1. The zero-order chi connectivity index (χ0) is 22.9. The zero-order valence-electron chi connectivity index (χ0n) is 17.5. The maximum absolute atomic E-state index is 16.1. The Labute approximate surface area is 193 Å². The summed E-state index contributed by atoms with van der Waals surface area (Å²) in [5, 5.41) is 15.7. The Morgan fingerprint density at radius 1 is 1.15 bits per heavy atom. The third-order valence-corrected chi connectivity index (χ3v) is 5.95. The Balaban J connectivity index is 1.78. The summed E-state index contributed by atoms with van der Waals surface area (Å²) in [4.78, 5) is 21.5. The second-order valence-corrected chi connectivity index (χ2v) is 8.11. The summed E-state index contributed by atoms with van der Waals surface area (Å²) in [5.74, 6) is -0.156. The van der Waals surface area contributed by atoms with Gasteiger partial charge in [-0.05, 0) is 34.5 Å². The first-order chi connectivity index (χ1) is 16.1. The van der Waals surface area contributed by atoms with Gasteiger partial charge in [0.25, 0.3) is 0 Å². The summed E-state index contributed by atoms with van der Waals surface area (Å²) in [7, 11) is 0. The number of fused-ring (bicyclic) bond motifs is 2. The van der Waals surface area contributed by atoms with Gasteiger partial charge in [0.05, 0.1) is 5.02 Å². The van der Waals surface area contributed by atoms with Crippen molar-refractivity contribution in [2.24, 2.45) is 0 Å². The van der Waals surface area contributed by atoms with Crippen molar-refractivity contribution in [3.8, 4) is 22.9 Å². The van der Waals surface area contributed by atoms with Gasteiger partial charge < -0.3 is 20.1 Å². The fraction of sp³-hybridized carbons (Fsp3) is 0.208. The predicted molar refractivity (Wildman–Crippen MR) is 126 cm³/mol. The quantitative estimate of drug-likeness (QED) is 0.431. The molecule has 0 unspecified atom stereocenters. The number of aromatic nitrogens is 2. The van der Waals surface area contributed by atoms with Gasteiger partial charge in [-0.25, -0.2) is 4.39 Å². The van der Waals surface area contributed by atoms with Gasteiger partial charge >= 0.3 is 6.01 Å². The van der Waals surface area contributed by atoms with Gasteiger partial charge in [0.15, 0.2) is 12.1 Å². The largest absolute Gasteiger partial charge is 0.508 e. The lowest BCUT2D eigenvalue weighted by Gasteiger charge is -2.29. The predicted octanol–water partition coefficient (Wildman–Crippen LogP) is 3.94. The molecule has 1 aliphatic heterocycles. The molecule has 0 saturated carbocycles. The monoisotopic (exact) mass is 466 g/mol. The highest BCUT2D eigenvalue weighted by Crippen LogP contribution is 2.42. The number of nitrogens with one attached hydrogen (secondary N) is 1. The minimum atomic E-state index is -0.650. The molecule has 5 rings (SSSR count). The molecule has 0 spiro atoms. The van der Waals surface area contributed by atoms with Crippen LogP contribution in [0.25, 0.3) is 32.8 Å². The lowest BCUT2D eigenvalue weighted by atomic mass is 9.96. The number of phenolic OH excluding ortho intramolecular Hbond substituents is 1. The van der Waals surface area contributed by atoms with Gasteiger partial charge in [-0.15, -0.1) is 0 Å². The number of nitrogens with zero attached hydrogens (tertiary/aromatic N) is 3. The average molecular weight is 467 g/mol. The number of hydrogen-bond donors (Lipinski definition) is 2. The van der Waals surface area contributed by atoms with Gasteiger partial charge in [0.2, 0.25) is 0 Å². The Morgan fingerprint density at radius 3 is 2.73 bits per heavy atom. The smallest absolute Gasteiger partial charge is 0.319 e. The average Bonchev–Trinajstić information content (AvgIpc) is 2.83. The molecular weight excluding hydrogens is 447 g/mol. The maximum atomic E-state index is 16.1. The van der Waals surface area contributed by atoms with Crippen LogP contribution in [0.3, 0.4) is 0 Å². The van der Waals surface area contributed by atoms with Crippen LogP contribution in [-0.2, 0) is 4.79 Å². The van der Waals surface area contributed by atoms with Crippen LogP contribution in [0, 0.1) is 5.82 Å². The lowest BCUT2D eigenvalue weighted by Crippen LogP contribution is -2.44. The first-order valence-corrected chi connectivity index (χ1v) is 10.9. The van der Waals surface area contributed by atoms with E-state index in [1.54, 1.807) is 12.1 Å². The standard InChI is InChI=1S/C24H20ClFN4O3/c25-19-13-18-22(28-24(33-10-9-31)29-23(18)30-7-5-27-6-8-30)21(26)20(19)17-12-15(32)11-14-3-1-2-4-16(14)17/h1-4,9,11-13,27,32H,5-8,10H2. The van der Waals surface area contributed by atoms with E-state index in [4.69, 9.17) is 16.3 Å². The van der Waals surface area contributed by atoms with Gasteiger partial charge in [0, 0.05) is 37.1 Å². The number of anilines is 1. The van der Waals surface area contributed by atoms with Crippen molar-refractivity contribution in [1.29, 1.82) is 0 Å². The molecule has 0 bridgehead atoms. The van der Waals surface area contributed by atoms with Crippen LogP contribution in [0.4, 0.5) is 10.2 Å². The van der Waals surface area contributed by atoms with Crippen LogP contribution in [0.1, 0.15) is 0 Å². The molecular formula is C24H20ClFN4O3. The molecule has 2 heterocycles. The Kier molecular flexibility index (Phi) is 5.70. The highest BCUT2D eigenvalue weighted by atomic mass is 35.5. The summed E-state index contributed by atoms with van der Waals surface area (Å²) in [6.07, 6.45) is 0.584. The van der Waals surface area contributed by atoms with Crippen molar-refractivity contribution in [2.45, 2.75) is 0 Å². The maximum Gasteiger partial charge on any atom is 0.319 e. The molecule has 4 aromatic rings. The third-order valence-electron chi connectivity index (χ3n) is 5.66. The summed E-state index contributed by atoms with van der Waals surface area (Å²) in [5.41, 5.74) is 0.613. The molecule has 1 aliphatic rings. The number of benzene rings is 3. The van der Waals surface area contributed by atoms with Crippen LogP contribution in [0.15, 0.2) is 42.5 Å². The minimum absolute atomic E-state index is 0.00142.